The number of fused-ring (bicyclic) bond motifs is 1. The van der Waals surface area contributed by atoms with Gasteiger partial charge in [0.25, 0.3) is 15.9 Å². The Morgan fingerprint density at radius 2 is 1.74 bits per heavy atom. The number of amides is 1. The second kappa shape index (κ2) is 12.9. The summed E-state index contributed by atoms with van der Waals surface area (Å²) in [5, 5.41) is 9.90. The van der Waals surface area contributed by atoms with Crippen LogP contribution in [0.3, 0.4) is 0 Å². The molecule has 8 nitrogen and oxygen atoms in total. The average molecular weight is 620 g/mol. The molecule has 0 aliphatic carbocycles. The number of carbonyl (C=O) groups is 1. The lowest BCUT2D eigenvalue weighted by Crippen LogP contribution is -2.49. The number of aryl methyl sites for hydroxylation is 1. The highest BCUT2D eigenvalue weighted by Gasteiger charge is 2.35. The van der Waals surface area contributed by atoms with Crippen LogP contribution in [0.25, 0.3) is 0 Å². The number of alkyl halides is 3. The second-order valence-electron chi connectivity index (χ2n) is 11.1. The number of nitrogens with zero attached hydrogens (tertiary/aromatic N) is 2. The summed E-state index contributed by atoms with van der Waals surface area (Å²) in [7, 11) is -2.23. The third-order valence-corrected chi connectivity index (χ3v) is 8.87. The minimum atomic E-state index is -4.42. The first-order chi connectivity index (χ1) is 20.2. The molecule has 232 valence electrons. The Hall–Kier alpha value is -3.61. The smallest absolute Gasteiger partial charge is 0.416 e. The van der Waals surface area contributed by atoms with E-state index in [9.17, 15) is 31.5 Å². The predicted molar refractivity (Wildman–Crippen MR) is 157 cm³/mol. The van der Waals surface area contributed by atoms with E-state index < -0.39 is 39.8 Å². The van der Waals surface area contributed by atoms with Crippen LogP contribution in [0.15, 0.2) is 71.6 Å². The number of likely N-dealkylation sites (N-methyl/N-ethyl adjacent to an activating group) is 1. The van der Waals surface area contributed by atoms with Gasteiger partial charge in [-0.25, -0.2) is 8.42 Å². The zero-order chi connectivity index (χ0) is 31.5. The van der Waals surface area contributed by atoms with Crippen molar-refractivity contribution >= 4 is 21.6 Å². The fourth-order valence-corrected chi connectivity index (χ4v) is 6.01. The van der Waals surface area contributed by atoms with Crippen molar-refractivity contribution in [2.24, 2.45) is 5.92 Å². The van der Waals surface area contributed by atoms with Gasteiger partial charge in [-0.1, -0.05) is 42.8 Å². The number of aliphatic hydroxyl groups excluding tert-OH is 1. The molecule has 1 heterocycles. The highest BCUT2D eigenvalue weighted by molar-refractivity contribution is 7.92. The monoisotopic (exact) mass is 619 g/mol. The number of hydrogen-bond donors (Lipinski definition) is 2. The van der Waals surface area contributed by atoms with E-state index in [2.05, 4.69) is 4.72 Å². The Balaban J connectivity index is 1.66. The van der Waals surface area contributed by atoms with E-state index in [4.69, 9.17) is 4.74 Å². The van der Waals surface area contributed by atoms with Gasteiger partial charge in [-0.2, -0.15) is 13.2 Å². The number of rotatable bonds is 9. The second-order valence-corrected chi connectivity index (χ2v) is 12.8. The first kappa shape index (κ1) is 32.3. The zero-order valence-corrected chi connectivity index (χ0v) is 25.2. The molecule has 0 aromatic heterocycles. The maximum absolute atomic E-state index is 13.7. The van der Waals surface area contributed by atoms with Crippen LogP contribution in [0.1, 0.15) is 40.9 Å². The van der Waals surface area contributed by atoms with Gasteiger partial charge in [0.2, 0.25) is 0 Å². The van der Waals surface area contributed by atoms with E-state index in [-0.39, 0.29) is 41.0 Å². The van der Waals surface area contributed by atoms with Gasteiger partial charge in [0.1, 0.15) is 6.10 Å². The first-order valence-corrected chi connectivity index (χ1v) is 15.3. The zero-order valence-electron chi connectivity index (χ0n) is 24.4. The van der Waals surface area contributed by atoms with Crippen molar-refractivity contribution in [3.8, 4) is 5.75 Å². The van der Waals surface area contributed by atoms with Crippen molar-refractivity contribution in [3.05, 3.63) is 89.0 Å². The molecule has 0 saturated carbocycles. The molecule has 1 aliphatic rings. The maximum atomic E-state index is 13.7. The third-order valence-electron chi connectivity index (χ3n) is 7.49. The lowest BCUT2D eigenvalue weighted by Gasteiger charge is -2.38. The van der Waals surface area contributed by atoms with Crippen LogP contribution in [0.2, 0.25) is 0 Å². The lowest BCUT2D eigenvalue weighted by molar-refractivity contribution is -0.137. The number of ether oxygens (including phenoxy) is 1. The van der Waals surface area contributed by atoms with Crippen LogP contribution in [0.4, 0.5) is 18.9 Å². The highest BCUT2D eigenvalue weighted by Crippen LogP contribution is 2.36. The molecule has 1 aliphatic heterocycles. The molecule has 3 atom stereocenters. The van der Waals surface area contributed by atoms with Crippen LogP contribution in [-0.2, 0) is 22.7 Å². The van der Waals surface area contributed by atoms with Gasteiger partial charge in [-0.15, -0.1) is 0 Å². The van der Waals surface area contributed by atoms with Crippen molar-refractivity contribution in [1.82, 2.24) is 9.80 Å². The molecule has 0 bridgehead atoms. The topological polar surface area (TPSA) is 99.2 Å². The van der Waals surface area contributed by atoms with Gasteiger partial charge in [0.05, 0.1) is 34.4 Å². The van der Waals surface area contributed by atoms with E-state index in [1.54, 1.807) is 43.1 Å². The number of benzene rings is 3. The summed E-state index contributed by atoms with van der Waals surface area (Å²) in [5.74, 6) is -0.600. The molecular weight excluding hydrogens is 583 g/mol. The van der Waals surface area contributed by atoms with Crippen molar-refractivity contribution in [1.29, 1.82) is 0 Å². The van der Waals surface area contributed by atoms with Gasteiger partial charge in [0, 0.05) is 25.6 Å². The summed E-state index contributed by atoms with van der Waals surface area (Å²) >= 11 is 0. The van der Waals surface area contributed by atoms with Crippen LogP contribution in [-0.4, -0.2) is 68.1 Å². The molecule has 3 aromatic rings. The highest BCUT2D eigenvalue weighted by atomic mass is 32.2. The molecule has 3 aromatic carbocycles. The number of carbonyl (C=O) groups excluding carboxylic acids is 1. The van der Waals surface area contributed by atoms with Crippen LogP contribution in [0.5, 0.6) is 5.75 Å². The van der Waals surface area contributed by atoms with Crippen LogP contribution >= 0.6 is 0 Å². The summed E-state index contributed by atoms with van der Waals surface area (Å²) in [4.78, 5) is 17.2. The first-order valence-electron chi connectivity index (χ1n) is 13.8. The molecule has 12 heteroatoms. The number of halogens is 3. The number of aliphatic hydroxyl groups is 1. The van der Waals surface area contributed by atoms with Gasteiger partial charge in [0.15, 0.2) is 5.75 Å². The Bertz CT molecular complexity index is 1530. The van der Waals surface area contributed by atoms with Gasteiger partial charge >= 0.3 is 6.18 Å². The van der Waals surface area contributed by atoms with E-state index in [1.165, 1.54) is 30.3 Å². The Labute approximate surface area is 250 Å². The van der Waals surface area contributed by atoms with E-state index >= 15 is 0 Å². The van der Waals surface area contributed by atoms with Crippen molar-refractivity contribution in [2.45, 2.75) is 50.5 Å². The fourth-order valence-electron chi connectivity index (χ4n) is 4.95. The number of para-hydroxylation sites is 1. The molecule has 2 N–H and O–H groups in total. The lowest BCUT2D eigenvalue weighted by atomic mass is 9.99. The Kier molecular flexibility index (Phi) is 9.73. The van der Waals surface area contributed by atoms with E-state index in [0.29, 0.717) is 18.7 Å². The fraction of sp³-hybridized carbons (Fsp3) is 0.387. The normalized spacial score (nSPS) is 18.4. The van der Waals surface area contributed by atoms with Crippen LogP contribution in [0, 0.1) is 12.8 Å². The SMILES string of the molecule is Cc1ccc(S(=O)(=O)Nc2cccc3c2O[C@H](CN(C)Cc2ccc(C(F)(F)F)cc2)[C@H](C)CN([C@@H](C)CO)C3=O)cc1. The maximum Gasteiger partial charge on any atom is 0.416 e. The summed E-state index contributed by atoms with van der Waals surface area (Å²) in [6.45, 7) is 6.10. The minimum absolute atomic E-state index is 0.0459. The Morgan fingerprint density at radius 3 is 2.35 bits per heavy atom. The quantitative estimate of drug-likeness (QED) is 0.343. The van der Waals surface area contributed by atoms with Crippen LogP contribution < -0.4 is 9.46 Å². The predicted octanol–water partition coefficient (Wildman–Crippen LogP) is 5.17. The van der Waals surface area contributed by atoms with Gasteiger partial charge < -0.3 is 14.7 Å². The summed E-state index contributed by atoms with van der Waals surface area (Å²) in [6.07, 6.45) is -4.97. The molecule has 0 spiro atoms. The molecule has 4 rings (SSSR count). The minimum Gasteiger partial charge on any atom is -0.486 e. The number of anilines is 1. The van der Waals surface area contributed by atoms with Crippen molar-refractivity contribution in [2.75, 3.05) is 31.5 Å². The number of hydrogen-bond acceptors (Lipinski definition) is 6. The number of sulfonamides is 1. The largest absolute Gasteiger partial charge is 0.486 e. The molecule has 1 amide bonds. The number of nitrogens with one attached hydrogen (secondary N) is 1. The van der Waals surface area contributed by atoms with Crippen molar-refractivity contribution < 1.29 is 36.2 Å². The van der Waals surface area contributed by atoms with E-state index in [0.717, 1.165) is 17.7 Å². The molecular formula is C31H36F3N3O5S. The Morgan fingerprint density at radius 1 is 1.09 bits per heavy atom. The molecule has 43 heavy (non-hydrogen) atoms. The molecule has 0 fully saturated rings. The average Bonchev–Trinajstić information content (AvgIpc) is 2.94. The summed E-state index contributed by atoms with van der Waals surface area (Å²) < 4.78 is 74.6. The van der Waals surface area contributed by atoms with Crippen molar-refractivity contribution in [3.63, 3.8) is 0 Å². The molecule has 0 saturated heterocycles. The summed E-state index contributed by atoms with van der Waals surface area (Å²) in [6, 6.07) is 15.4. The third kappa shape index (κ3) is 7.67. The molecule has 0 radical (unpaired) electrons. The van der Waals surface area contributed by atoms with E-state index in [1.807, 2.05) is 18.7 Å². The summed E-state index contributed by atoms with van der Waals surface area (Å²) in [5.41, 5.74) is 1.08. The molecule has 0 unspecified atom stereocenters. The van der Waals surface area contributed by atoms with Gasteiger partial charge in [-0.3, -0.25) is 14.4 Å². The van der Waals surface area contributed by atoms with Gasteiger partial charge in [-0.05, 0) is 62.9 Å². The standard InChI is InChI=1S/C31H36F3N3O5S/c1-20-8-14-25(15-9-20)43(40,41)35-27-7-5-6-26-29(27)42-28(21(2)16-37(30(26)39)22(3)19-38)18-36(4)17-23-10-12-24(13-11-23)31(32,33)34/h5-15,21-22,28,35,38H,16-19H2,1-4H3/t21-,22+,28-/m1/s1.